The number of carbonyl (C=O) groups excluding carboxylic acids is 3. The molecule has 2 aliphatic heterocycles. The van der Waals surface area contributed by atoms with E-state index in [9.17, 15) is 14.4 Å². The van der Waals surface area contributed by atoms with Crippen LogP contribution in [0.15, 0.2) is 42.5 Å². The maximum absolute atomic E-state index is 13.0. The summed E-state index contributed by atoms with van der Waals surface area (Å²) in [7, 11) is 0. The van der Waals surface area contributed by atoms with Gasteiger partial charge in [-0.3, -0.25) is 14.5 Å². The molecular weight excluding hydrogens is 360 g/mol. The first-order valence-corrected chi connectivity index (χ1v) is 9.02. The summed E-state index contributed by atoms with van der Waals surface area (Å²) in [6.07, 6.45) is 0. The SMILES string of the molecule is Cc1ccc([C@@]2(C)NC(=O)N(CC(=O)c3ccc4c(c3)OCCO4)C2=O)cc1. The summed E-state index contributed by atoms with van der Waals surface area (Å²) in [5, 5.41) is 2.71. The molecule has 7 nitrogen and oxygen atoms in total. The minimum atomic E-state index is -1.20. The number of carbonyl (C=O) groups is 3. The van der Waals surface area contributed by atoms with Crippen LogP contribution in [0.2, 0.25) is 0 Å². The van der Waals surface area contributed by atoms with Gasteiger partial charge in [0.1, 0.15) is 18.8 Å². The van der Waals surface area contributed by atoms with Crippen molar-refractivity contribution in [2.45, 2.75) is 19.4 Å². The summed E-state index contributed by atoms with van der Waals surface area (Å²) < 4.78 is 10.9. The number of amides is 3. The Labute approximate surface area is 162 Å². The van der Waals surface area contributed by atoms with Crippen LogP contribution in [-0.2, 0) is 10.3 Å². The summed E-state index contributed by atoms with van der Waals surface area (Å²) in [6.45, 7) is 4.12. The van der Waals surface area contributed by atoms with Crippen LogP contribution in [0.25, 0.3) is 0 Å². The third-order valence-corrected chi connectivity index (χ3v) is 5.07. The molecule has 2 heterocycles. The molecular formula is C21H20N2O5. The molecule has 2 aromatic carbocycles. The van der Waals surface area contributed by atoms with E-state index in [0.29, 0.717) is 35.8 Å². The molecule has 3 amide bonds. The van der Waals surface area contributed by atoms with Gasteiger partial charge >= 0.3 is 6.03 Å². The fourth-order valence-electron chi connectivity index (χ4n) is 3.37. The van der Waals surface area contributed by atoms with Crippen molar-refractivity contribution in [2.24, 2.45) is 0 Å². The molecule has 0 bridgehead atoms. The summed E-state index contributed by atoms with van der Waals surface area (Å²) in [6, 6.07) is 11.6. The number of Topliss-reactive ketones (excluding diaryl/α,β-unsaturated/α-hetero) is 1. The molecule has 0 radical (unpaired) electrons. The van der Waals surface area contributed by atoms with Crippen molar-refractivity contribution < 1.29 is 23.9 Å². The second kappa shape index (κ2) is 6.67. The van der Waals surface area contributed by atoms with E-state index in [-0.39, 0.29) is 12.3 Å². The van der Waals surface area contributed by atoms with E-state index in [4.69, 9.17) is 9.47 Å². The fourth-order valence-corrected chi connectivity index (χ4v) is 3.37. The highest BCUT2D eigenvalue weighted by Crippen LogP contribution is 2.32. The molecule has 2 aliphatic rings. The van der Waals surface area contributed by atoms with Gasteiger partial charge in [-0.1, -0.05) is 29.8 Å². The number of imide groups is 1. The quantitative estimate of drug-likeness (QED) is 0.650. The van der Waals surface area contributed by atoms with E-state index in [0.717, 1.165) is 10.5 Å². The first-order chi connectivity index (χ1) is 13.4. The molecule has 0 aromatic heterocycles. The normalized spacial score (nSPS) is 20.9. The number of aryl methyl sites for hydroxylation is 1. The molecule has 2 aromatic rings. The van der Waals surface area contributed by atoms with Crippen molar-refractivity contribution in [1.29, 1.82) is 0 Å². The van der Waals surface area contributed by atoms with Gasteiger partial charge in [-0.25, -0.2) is 4.79 Å². The van der Waals surface area contributed by atoms with E-state index in [2.05, 4.69) is 5.32 Å². The predicted molar refractivity (Wildman–Crippen MR) is 101 cm³/mol. The van der Waals surface area contributed by atoms with Gasteiger partial charge in [-0.05, 0) is 37.6 Å². The summed E-state index contributed by atoms with van der Waals surface area (Å²) in [4.78, 5) is 39.1. The Morgan fingerprint density at radius 1 is 1.07 bits per heavy atom. The van der Waals surface area contributed by atoms with E-state index in [1.165, 1.54) is 0 Å². The fraction of sp³-hybridized carbons (Fsp3) is 0.286. The number of ketones is 1. The average molecular weight is 380 g/mol. The van der Waals surface area contributed by atoms with Crippen LogP contribution >= 0.6 is 0 Å². The molecule has 1 fully saturated rings. The lowest BCUT2D eigenvalue weighted by molar-refractivity contribution is -0.130. The van der Waals surface area contributed by atoms with Crippen LogP contribution in [0.1, 0.15) is 28.4 Å². The van der Waals surface area contributed by atoms with Gasteiger partial charge in [0.25, 0.3) is 5.91 Å². The molecule has 0 unspecified atom stereocenters. The maximum Gasteiger partial charge on any atom is 0.325 e. The van der Waals surface area contributed by atoms with Gasteiger partial charge in [-0.2, -0.15) is 0 Å². The largest absolute Gasteiger partial charge is 0.486 e. The lowest BCUT2D eigenvalue weighted by Gasteiger charge is -2.22. The number of hydrogen-bond donors (Lipinski definition) is 1. The van der Waals surface area contributed by atoms with Crippen LogP contribution in [0.5, 0.6) is 11.5 Å². The molecule has 1 atom stereocenters. The minimum absolute atomic E-state index is 0.342. The predicted octanol–water partition coefficient (Wildman–Crippen LogP) is 2.42. The van der Waals surface area contributed by atoms with Crippen molar-refractivity contribution in [3.05, 3.63) is 59.2 Å². The highest BCUT2D eigenvalue weighted by Gasteiger charge is 2.49. The molecule has 0 spiro atoms. The molecule has 4 rings (SSSR count). The number of ether oxygens (including phenoxy) is 2. The Balaban J connectivity index is 1.55. The van der Waals surface area contributed by atoms with Crippen LogP contribution in [-0.4, -0.2) is 42.4 Å². The van der Waals surface area contributed by atoms with E-state index < -0.39 is 17.5 Å². The summed E-state index contributed by atoms with van der Waals surface area (Å²) in [5.74, 6) is 0.254. The molecule has 28 heavy (non-hydrogen) atoms. The number of benzene rings is 2. The second-order valence-corrected chi connectivity index (χ2v) is 7.09. The van der Waals surface area contributed by atoms with E-state index >= 15 is 0 Å². The van der Waals surface area contributed by atoms with Crippen molar-refractivity contribution in [3.8, 4) is 11.5 Å². The second-order valence-electron chi connectivity index (χ2n) is 7.09. The van der Waals surface area contributed by atoms with Crippen LogP contribution in [0.4, 0.5) is 4.79 Å². The van der Waals surface area contributed by atoms with Gasteiger partial charge in [0, 0.05) is 5.56 Å². The van der Waals surface area contributed by atoms with Crippen LogP contribution in [0, 0.1) is 6.92 Å². The van der Waals surface area contributed by atoms with Crippen molar-refractivity contribution >= 4 is 17.7 Å². The van der Waals surface area contributed by atoms with Gasteiger partial charge in [0.05, 0.1) is 6.54 Å². The van der Waals surface area contributed by atoms with Crippen LogP contribution in [0.3, 0.4) is 0 Å². The highest BCUT2D eigenvalue weighted by molar-refractivity contribution is 6.11. The number of urea groups is 1. The summed E-state index contributed by atoms with van der Waals surface area (Å²) in [5.41, 5.74) is 0.881. The topological polar surface area (TPSA) is 84.9 Å². The number of hydrogen-bond acceptors (Lipinski definition) is 5. The van der Waals surface area contributed by atoms with Gasteiger partial charge < -0.3 is 14.8 Å². The summed E-state index contributed by atoms with van der Waals surface area (Å²) >= 11 is 0. The monoisotopic (exact) mass is 380 g/mol. The number of rotatable bonds is 4. The number of nitrogens with zero attached hydrogens (tertiary/aromatic N) is 1. The number of nitrogens with one attached hydrogen (secondary N) is 1. The van der Waals surface area contributed by atoms with Crippen LogP contribution < -0.4 is 14.8 Å². The Kier molecular flexibility index (Phi) is 4.30. The zero-order valence-corrected chi connectivity index (χ0v) is 15.7. The lowest BCUT2D eigenvalue weighted by Crippen LogP contribution is -2.41. The number of fused-ring (bicyclic) bond motifs is 1. The lowest BCUT2D eigenvalue weighted by atomic mass is 9.91. The van der Waals surface area contributed by atoms with Crippen molar-refractivity contribution in [3.63, 3.8) is 0 Å². The average Bonchev–Trinajstić information content (AvgIpc) is 2.92. The third kappa shape index (κ3) is 2.98. The molecule has 1 saturated heterocycles. The highest BCUT2D eigenvalue weighted by atomic mass is 16.6. The molecule has 1 N–H and O–H groups in total. The molecule has 0 aliphatic carbocycles. The van der Waals surface area contributed by atoms with Crippen molar-refractivity contribution in [1.82, 2.24) is 10.2 Å². The Hall–Kier alpha value is -3.35. The Morgan fingerprint density at radius 2 is 1.75 bits per heavy atom. The molecule has 7 heteroatoms. The molecule has 0 saturated carbocycles. The van der Waals surface area contributed by atoms with Gasteiger partial charge in [0.2, 0.25) is 0 Å². The van der Waals surface area contributed by atoms with Gasteiger partial charge in [0.15, 0.2) is 17.3 Å². The van der Waals surface area contributed by atoms with E-state index in [1.807, 2.05) is 19.1 Å². The molecule has 144 valence electrons. The minimum Gasteiger partial charge on any atom is -0.486 e. The van der Waals surface area contributed by atoms with E-state index in [1.54, 1.807) is 37.3 Å². The van der Waals surface area contributed by atoms with Crippen molar-refractivity contribution in [2.75, 3.05) is 19.8 Å². The third-order valence-electron chi connectivity index (χ3n) is 5.07. The zero-order valence-electron chi connectivity index (χ0n) is 15.7. The Bertz CT molecular complexity index is 969. The van der Waals surface area contributed by atoms with Gasteiger partial charge in [-0.15, -0.1) is 0 Å². The zero-order chi connectivity index (χ0) is 19.9. The first-order valence-electron chi connectivity index (χ1n) is 9.02. The Morgan fingerprint density at radius 3 is 2.46 bits per heavy atom. The maximum atomic E-state index is 13.0. The first kappa shape index (κ1) is 18.0. The smallest absolute Gasteiger partial charge is 0.325 e. The standard InChI is InChI=1S/C21H20N2O5/c1-13-3-6-15(7-4-13)21(2)19(25)23(20(26)22-21)12-16(24)14-5-8-17-18(11-14)28-10-9-27-17/h3-8,11H,9-10,12H2,1-2H3,(H,22,26)/t21-/m1/s1.